The molecule has 1 aromatic carbocycles. The summed E-state index contributed by atoms with van der Waals surface area (Å²) in [6, 6.07) is 7.93. The Morgan fingerprint density at radius 1 is 1.35 bits per heavy atom. The van der Waals surface area contributed by atoms with Gasteiger partial charge in [-0.2, -0.15) is 0 Å². The van der Waals surface area contributed by atoms with Crippen molar-refractivity contribution in [1.82, 2.24) is 0 Å². The molecule has 0 spiro atoms. The van der Waals surface area contributed by atoms with Gasteiger partial charge in [-0.15, -0.1) is 0 Å². The number of hydrogen-bond acceptors (Lipinski definition) is 2. The Morgan fingerprint density at radius 2 is 2.12 bits per heavy atom. The van der Waals surface area contributed by atoms with E-state index in [4.69, 9.17) is 4.74 Å². The summed E-state index contributed by atoms with van der Waals surface area (Å²) in [5, 5.41) is 9.91. The minimum atomic E-state index is -0.323. The molecule has 0 radical (unpaired) electrons. The summed E-state index contributed by atoms with van der Waals surface area (Å²) in [7, 11) is 0. The zero-order chi connectivity index (χ0) is 12.1. The molecule has 1 unspecified atom stereocenters. The van der Waals surface area contributed by atoms with Crippen LogP contribution in [0.25, 0.3) is 0 Å². The summed E-state index contributed by atoms with van der Waals surface area (Å²) in [4.78, 5) is 0. The van der Waals surface area contributed by atoms with Crippen LogP contribution in [-0.4, -0.2) is 17.8 Å². The molecule has 2 nitrogen and oxygen atoms in total. The van der Waals surface area contributed by atoms with Crippen LogP contribution in [0.3, 0.4) is 0 Å². The molecule has 0 aromatic heterocycles. The number of hydrogen-bond donors (Lipinski definition) is 1. The average Bonchev–Trinajstić information content (AvgIpc) is 2.79. The van der Waals surface area contributed by atoms with Gasteiger partial charge in [0.05, 0.1) is 6.10 Å². The van der Waals surface area contributed by atoms with Crippen molar-refractivity contribution in [2.24, 2.45) is 5.92 Å². The molecule has 17 heavy (non-hydrogen) atoms. The molecule has 3 heteroatoms. The molecule has 2 rings (SSSR count). The molecular formula is C14H19IO2. The second kappa shape index (κ2) is 6.59. The summed E-state index contributed by atoms with van der Waals surface area (Å²) in [6.45, 7) is 0.413. The molecule has 1 aromatic rings. The highest BCUT2D eigenvalue weighted by Gasteiger charge is 2.19. The third-order valence-corrected chi connectivity index (χ3v) is 3.99. The van der Waals surface area contributed by atoms with Crippen molar-refractivity contribution in [3.05, 3.63) is 27.8 Å². The van der Waals surface area contributed by atoms with Gasteiger partial charge in [-0.25, -0.2) is 0 Å². The lowest BCUT2D eigenvalue weighted by Gasteiger charge is -2.16. The van der Waals surface area contributed by atoms with E-state index in [1.54, 1.807) is 0 Å². The first kappa shape index (κ1) is 13.1. The van der Waals surface area contributed by atoms with Crippen LogP contribution in [0.5, 0.6) is 5.75 Å². The molecular weight excluding hydrogens is 327 g/mol. The van der Waals surface area contributed by atoms with Crippen molar-refractivity contribution in [1.29, 1.82) is 0 Å². The molecule has 0 saturated heterocycles. The summed E-state index contributed by atoms with van der Waals surface area (Å²) in [5.74, 6) is 1.56. The minimum absolute atomic E-state index is 0.323. The Morgan fingerprint density at radius 3 is 2.82 bits per heavy atom. The fourth-order valence-electron chi connectivity index (χ4n) is 2.45. The quantitative estimate of drug-likeness (QED) is 0.826. The van der Waals surface area contributed by atoms with E-state index in [1.165, 1.54) is 25.7 Å². The Balaban J connectivity index is 1.73. The van der Waals surface area contributed by atoms with E-state index < -0.39 is 0 Å². The normalized spacial score (nSPS) is 18.2. The lowest BCUT2D eigenvalue weighted by molar-refractivity contribution is 0.0855. The van der Waals surface area contributed by atoms with Gasteiger partial charge in [0.15, 0.2) is 0 Å². The topological polar surface area (TPSA) is 29.5 Å². The highest BCUT2D eigenvalue weighted by atomic mass is 127. The maximum atomic E-state index is 9.91. The van der Waals surface area contributed by atoms with Gasteiger partial charge in [0, 0.05) is 3.57 Å². The van der Waals surface area contributed by atoms with Crippen molar-refractivity contribution in [3.8, 4) is 5.75 Å². The second-order valence-electron chi connectivity index (χ2n) is 4.81. The molecule has 1 fully saturated rings. The number of aliphatic hydroxyl groups excluding tert-OH is 1. The van der Waals surface area contributed by atoms with Crippen molar-refractivity contribution in [2.75, 3.05) is 6.61 Å². The highest BCUT2D eigenvalue weighted by molar-refractivity contribution is 14.1. The molecule has 0 aliphatic heterocycles. The zero-order valence-corrected chi connectivity index (χ0v) is 12.1. The summed E-state index contributed by atoms with van der Waals surface area (Å²) < 4.78 is 6.76. The molecule has 0 heterocycles. The second-order valence-corrected chi connectivity index (χ2v) is 6.05. The Labute approximate surface area is 117 Å². The van der Waals surface area contributed by atoms with E-state index in [1.807, 2.05) is 24.3 Å². The Bertz CT molecular complexity index is 348. The van der Waals surface area contributed by atoms with Crippen LogP contribution in [0.15, 0.2) is 24.3 Å². The van der Waals surface area contributed by atoms with E-state index in [9.17, 15) is 5.11 Å². The van der Waals surface area contributed by atoms with E-state index in [0.717, 1.165) is 15.7 Å². The predicted octanol–water partition coefficient (Wildman–Crippen LogP) is 3.61. The van der Waals surface area contributed by atoms with Crippen LogP contribution >= 0.6 is 22.6 Å². The van der Waals surface area contributed by atoms with Crippen molar-refractivity contribution < 1.29 is 9.84 Å². The maximum Gasteiger partial charge on any atom is 0.120 e. The molecule has 1 saturated carbocycles. The predicted molar refractivity (Wildman–Crippen MR) is 77.2 cm³/mol. The van der Waals surface area contributed by atoms with Crippen LogP contribution in [0.4, 0.5) is 0 Å². The van der Waals surface area contributed by atoms with Crippen LogP contribution in [0, 0.1) is 9.49 Å². The first-order chi connectivity index (χ1) is 8.24. The molecule has 1 aliphatic rings. The third kappa shape index (κ3) is 4.47. The fraction of sp³-hybridized carbons (Fsp3) is 0.571. The van der Waals surface area contributed by atoms with Crippen molar-refractivity contribution >= 4 is 22.6 Å². The zero-order valence-electron chi connectivity index (χ0n) is 9.94. The van der Waals surface area contributed by atoms with E-state index in [-0.39, 0.29) is 6.10 Å². The molecule has 1 N–H and O–H groups in total. The standard InChI is InChI=1S/C14H19IO2/c15-12-6-3-7-14(9-12)17-10-13(16)8-11-4-1-2-5-11/h3,6-7,9,11,13,16H,1-2,4-5,8,10H2. The molecule has 0 amide bonds. The molecule has 94 valence electrons. The SMILES string of the molecule is OC(COc1cccc(I)c1)CC1CCCC1. The van der Waals surface area contributed by atoms with Gasteiger partial charge in [0.2, 0.25) is 0 Å². The van der Waals surface area contributed by atoms with Gasteiger partial charge < -0.3 is 9.84 Å². The highest BCUT2D eigenvalue weighted by Crippen LogP contribution is 2.28. The van der Waals surface area contributed by atoms with Gasteiger partial charge in [0.25, 0.3) is 0 Å². The Hall–Kier alpha value is -0.290. The molecule has 1 atom stereocenters. The van der Waals surface area contributed by atoms with E-state index >= 15 is 0 Å². The van der Waals surface area contributed by atoms with Crippen LogP contribution in [0.2, 0.25) is 0 Å². The van der Waals surface area contributed by atoms with E-state index in [0.29, 0.717) is 12.5 Å². The smallest absolute Gasteiger partial charge is 0.120 e. The number of ether oxygens (including phenoxy) is 1. The summed E-state index contributed by atoms with van der Waals surface area (Å²) >= 11 is 2.26. The monoisotopic (exact) mass is 346 g/mol. The average molecular weight is 346 g/mol. The minimum Gasteiger partial charge on any atom is -0.491 e. The first-order valence-corrected chi connectivity index (χ1v) is 7.38. The number of rotatable bonds is 5. The van der Waals surface area contributed by atoms with Gasteiger partial charge in [0.1, 0.15) is 12.4 Å². The molecule has 0 bridgehead atoms. The van der Waals surface area contributed by atoms with Crippen LogP contribution < -0.4 is 4.74 Å². The van der Waals surface area contributed by atoms with Crippen molar-refractivity contribution in [2.45, 2.75) is 38.2 Å². The van der Waals surface area contributed by atoms with Gasteiger partial charge in [-0.1, -0.05) is 31.7 Å². The number of benzene rings is 1. The van der Waals surface area contributed by atoms with Gasteiger partial charge in [-0.3, -0.25) is 0 Å². The Kier molecular flexibility index (Phi) is 5.10. The fourth-order valence-corrected chi connectivity index (χ4v) is 2.96. The van der Waals surface area contributed by atoms with Crippen LogP contribution in [-0.2, 0) is 0 Å². The first-order valence-electron chi connectivity index (χ1n) is 6.30. The summed E-state index contributed by atoms with van der Waals surface area (Å²) in [5.41, 5.74) is 0. The number of aliphatic hydroxyl groups is 1. The summed E-state index contributed by atoms with van der Waals surface area (Å²) in [6.07, 6.45) is 5.78. The maximum absolute atomic E-state index is 9.91. The van der Waals surface area contributed by atoms with E-state index in [2.05, 4.69) is 22.6 Å². The largest absolute Gasteiger partial charge is 0.491 e. The lowest BCUT2D eigenvalue weighted by Crippen LogP contribution is -2.20. The van der Waals surface area contributed by atoms with Gasteiger partial charge >= 0.3 is 0 Å². The lowest BCUT2D eigenvalue weighted by atomic mass is 10.0. The van der Waals surface area contributed by atoms with Crippen molar-refractivity contribution in [3.63, 3.8) is 0 Å². The van der Waals surface area contributed by atoms with Gasteiger partial charge in [-0.05, 0) is 53.1 Å². The molecule has 1 aliphatic carbocycles. The van der Waals surface area contributed by atoms with Crippen LogP contribution in [0.1, 0.15) is 32.1 Å². The number of halogens is 1. The third-order valence-electron chi connectivity index (χ3n) is 3.32.